The average Bonchev–Trinajstić information content (AvgIpc) is 2.38. The van der Waals surface area contributed by atoms with Gasteiger partial charge in [-0.15, -0.1) is 13.2 Å². The molecule has 1 nitrogen and oxygen atoms in total. The van der Waals surface area contributed by atoms with Crippen LogP contribution in [0.5, 0.6) is 0 Å². The number of hydrogen-bond donors (Lipinski definition) is 1. The Morgan fingerprint density at radius 3 is 2.31 bits per heavy atom. The number of benzene rings is 1. The summed E-state index contributed by atoms with van der Waals surface area (Å²) >= 11 is 0. The highest BCUT2D eigenvalue weighted by Crippen LogP contribution is 2.05. The predicted molar refractivity (Wildman–Crippen MR) is 74.4 cm³/mol. The van der Waals surface area contributed by atoms with Crippen LogP contribution < -0.4 is 5.32 Å². The molecule has 0 atom stereocenters. The van der Waals surface area contributed by atoms with Gasteiger partial charge in [-0.05, 0) is 30.7 Å². The third-order valence-corrected chi connectivity index (χ3v) is 1.87. The van der Waals surface area contributed by atoms with E-state index in [1.165, 1.54) is 0 Å². The van der Waals surface area contributed by atoms with Gasteiger partial charge in [-0.2, -0.15) is 0 Å². The maximum Gasteiger partial charge on any atom is 0.0379 e. The molecule has 1 aromatic carbocycles. The number of allylic oxidation sites excluding steroid dienone is 4. The molecular formula is C15H19N. The van der Waals surface area contributed by atoms with Crippen LogP contribution in [0.15, 0.2) is 80.1 Å². The zero-order valence-corrected chi connectivity index (χ0v) is 9.82. The SMILES string of the molecule is C=C.C=CC(/C=C\Nc1ccccc1)=C/C. The molecule has 1 rings (SSSR count). The smallest absolute Gasteiger partial charge is 0.0379 e. The molecule has 0 spiro atoms. The lowest BCUT2D eigenvalue weighted by Crippen LogP contribution is -1.85. The second kappa shape index (κ2) is 9.53. The molecule has 0 saturated heterocycles. The average molecular weight is 213 g/mol. The maximum atomic E-state index is 3.71. The Hall–Kier alpha value is -2.02. The molecular weight excluding hydrogens is 194 g/mol. The normalized spacial score (nSPS) is 10.4. The van der Waals surface area contributed by atoms with Crippen LogP contribution in [0, 0.1) is 0 Å². The molecule has 0 aliphatic heterocycles. The molecule has 0 unspecified atom stereocenters. The van der Waals surface area contributed by atoms with E-state index in [2.05, 4.69) is 25.1 Å². The molecule has 0 aliphatic carbocycles. The van der Waals surface area contributed by atoms with Crippen molar-refractivity contribution in [3.05, 3.63) is 80.1 Å². The molecule has 0 fully saturated rings. The van der Waals surface area contributed by atoms with E-state index in [4.69, 9.17) is 0 Å². The largest absolute Gasteiger partial charge is 0.362 e. The Bertz CT molecular complexity index is 347. The first-order valence-corrected chi connectivity index (χ1v) is 5.13. The Morgan fingerprint density at radius 1 is 1.19 bits per heavy atom. The number of nitrogens with one attached hydrogen (secondary N) is 1. The van der Waals surface area contributed by atoms with E-state index in [0.717, 1.165) is 11.3 Å². The summed E-state index contributed by atoms with van der Waals surface area (Å²) in [7, 11) is 0. The summed E-state index contributed by atoms with van der Waals surface area (Å²) in [6.07, 6.45) is 7.73. The lowest BCUT2D eigenvalue weighted by molar-refractivity contribution is 1.54. The molecule has 1 N–H and O–H groups in total. The van der Waals surface area contributed by atoms with Crippen LogP contribution in [0.4, 0.5) is 5.69 Å². The number of rotatable bonds is 4. The van der Waals surface area contributed by atoms with Crippen molar-refractivity contribution < 1.29 is 0 Å². The second-order valence-electron chi connectivity index (χ2n) is 2.84. The van der Waals surface area contributed by atoms with E-state index in [1.54, 1.807) is 0 Å². The highest BCUT2D eigenvalue weighted by Gasteiger charge is 1.84. The summed E-state index contributed by atoms with van der Waals surface area (Å²) in [6, 6.07) is 10.0. The van der Waals surface area contributed by atoms with Gasteiger partial charge in [0.05, 0.1) is 0 Å². The zero-order chi connectivity index (χ0) is 12.2. The van der Waals surface area contributed by atoms with Gasteiger partial charge in [0.25, 0.3) is 0 Å². The molecule has 0 heterocycles. The number of para-hydroxylation sites is 1. The summed E-state index contributed by atoms with van der Waals surface area (Å²) < 4.78 is 0. The molecule has 0 amide bonds. The van der Waals surface area contributed by atoms with Crippen molar-refractivity contribution in [2.24, 2.45) is 0 Å². The Balaban J connectivity index is 0.00000106. The summed E-state index contributed by atoms with van der Waals surface area (Å²) in [5.41, 5.74) is 2.19. The zero-order valence-electron chi connectivity index (χ0n) is 9.82. The highest BCUT2D eigenvalue weighted by molar-refractivity contribution is 5.46. The quantitative estimate of drug-likeness (QED) is 0.571. The Labute approximate surface area is 98.5 Å². The van der Waals surface area contributed by atoms with Crippen LogP contribution >= 0.6 is 0 Å². The Kier molecular flexibility index (Phi) is 8.33. The van der Waals surface area contributed by atoms with Gasteiger partial charge in [-0.3, -0.25) is 0 Å². The molecule has 0 radical (unpaired) electrons. The molecule has 1 aromatic rings. The molecule has 0 bridgehead atoms. The molecule has 1 heteroatoms. The number of anilines is 1. The first kappa shape index (κ1) is 14.0. The fourth-order valence-corrected chi connectivity index (χ4v) is 1.05. The standard InChI is InChI=1S/C13H15N.C2H4/c1-3-12(4-2)10-11-14-13-8-6-5-7-9-13;1-2/h3-11,14H,1H2,2H3;1-2H2/b11-10-,12-4-;. The lowest BCUT2D eigenvalue weighted by Gasteiger charge is -1.98. The van der Waals surface area contributed by atoms with Crippen molar-refractivity contribution in [3.63, 3.8) is 0 Å². The van der Waals surface area contributed by atoms with Crippen LogP contribution in [-0.2, 0) is 0 Å². The summed E-state index contributed by atoms with van der Waals surface area (Å²) in [6.45, 7) is 11.7. The van der Waals surface area contributed by atoms with Gasteiger partial charge >= 0.3 is 0 Å². The first-order valence-electron chi connectivity index (χ1n) is 5.13. The first-order chi connectivity index (χ1) is 7.86. The van der Waals surface area contributed by atoms with Gasteiger partial charge in [0.2, 0.25) is 0 Å². The van der Waals surface area contributed by atoms with E-state index in [-0.39, 0.29) is 0 Å². The van der Waals surface area contributed by atoms with Crippen molar-refractivity contribution in [3.8, 4) is 0 Å². The predicted octanol–water partition coefficient (Wildman–Crippen LogP) is 4.55. The van der Waals surface area contributed by atoms with Crippen molar-refractivity contribution in [2.75, 3.05) is 5.32 Å². The van der Waals surface area contributed by atoms with E-state index < -0.39 is 0 Å². The van der Waals surface area contributed by atoms with Crippen molar-refractivity contribution in [1.82, 2.24) is 0 Å². The minimum absolute atomic E-state index is 1.09. The fraction of sp³-hybridized carbons (Fsp3) is 0.0667. The van der Waals surface area contributed by atoms with Crippen LogP contribution in [-0.4, -0.2) is 0 Å². The molecule has 0 aliphatic rings. The third-order valence-electron chi connectivity index (χ3n) is 1.87. The minimum atomic E-state index is 1.09. The Morgan fingerprint density at radius 2 is 1.81 bits per heavy atom. The summed E-state index contributed by atoms with van der Waals surface area (Å²) in [5.74, 6) is 0. The van der Waals surface area contributed by atoms with E-state index in [1.807, 2.05) is 61.7 Å². The molecule has 0 aromatic heterocycles. The van der Waals surface area contributed by atoms with Gasteiger partial charge in [0.15, 0.2) is 0 Å². The topological polar surface area (TPSA) is 12.0 Å². The molecule has 0 saturated carbocycles. The fourth-order valence-electron chi connectivity index (χ4n) is 1.05. The van der Waals surface area contributed by atoms with Crippen LogP contribution in [0.3, 0.4) is 0 Å². The van der Waals surface area contributed by atoms with Gasteiger partial charge < -0.3 is 5.32 Å². The summed E-state index contributed by atoms with van der Waals surface area (Å²) in [5, 5.41) is 3.17. The van der Waals surface area contributed by atoms with Crippen LogP contribution in [0.1, 0.15) is 6.92 Å². The lowest BCUT2D eigenvalue weighted by atomic mass is 10.2. The number of hydrogen-bond acceptors (Lipinski definition) is 1. The highest BCUT2D eigenvalue weighted by atomic mass is 14.8. The van der Waals surface area contributed by atoms with Crippen molar-refractivity contribution in [2.45, 2.75) is 6.92 Å². The molecule has 84 valence electrons. The van der Waals surface area contributed by atoms with Gasteiger partial charge in [0.1, 0.15) is 0 Å². The van der Waals surface area contributed by atoms with Crippen LogP contribution in [0.25, 0.3) is 0 Å². The van der Waals surface area contributed by atoms with E-state index in [0.29, 0.717) is 0 Å². The van der Waals surface area contributed by atoms with Gasteiger partial charge in [-0.1, -0.05) is 36.9 Å². The van der Waals surface area contributed by atoms with Crippen LogP contribution in [0.2, 0.25) is 0 Å². The van der Waals surface area contributed by atoms with Crippen molar-refractivity contribution >= 4 is 5.69 Å². The summed E-state index contributed by atoms with van der Waals surface area (Å²) in [4.78, 5) is 0. The third kappa shape index (κ3) is 5.66. The maximum absolute atomic E-state index is 3.71. The van der Waals surface area contributed by atoms with E-state index in [9.17, 15) is 0 Å². The van der Waals surface area contributed by atoms with Gasteiger partial charge in [0, 0.05) is 11.9 Å². The molecule has 16 heavy (non-hydrogen) atoms. The minimum Gasteiger partial charge on any atom is -0.362 e. The van der Waals surface area contributed by atoms with E-state index >= 15 is 0 Å². The van der Waals surface area contributed by atoms with Gasteiger partial charge in [-0.25, -0.2) is 0 Å². The monoisotopic (exact) mass is 213 g/mol. The second-order valence-corrected chi connectivity index (χ2v) is 2.84. The van der Waals surface area contributed by atoms with Crippen molar-refractivity contribution in [1.29, 1.82) is 0 Å².